The van der Waals surface area contributed by atoms with Gasteiger partial charge in [-0.25, -0.2) is 4.98 Å². The molecule has 0 spiro atoms. The SMILES string of the molecule is Cc1nc2c(n1CCOc1ccccc1N)CCCC2. The van der Waals surface area contributed by atoms with Crippen molar-refractivity contribution >= 4 is 5.69 Å². The van der Waals surface area contributed by atoms with Gasteiger partial charge in [-0.3, -0.25) is 0 Å². The van der Waals surface area contributed by atoms with Gasteiger partial charge in [0.05, 0.1) is 17.9 Å². The Morgan fingerprint density at radius 2 is 2.05 bits per heavy atom. The molecule has 20 heavy (non-hydrogen) atoms. The molecule has 0 radical (unpaired) electrons. The molecule has 4 heteroatoms. The summed E-state index contributed by atoms with van der Waals surface area (Å²) in [6.07, 6.45) is 4.80. The molecule has 1 aromatic heterocycles. The Labute approximate surface area is 119 Å². The molecular formula is C16H21N3O. The minimum Gasteiger partial charge on any atom is -0.490 e. The summed E-state index contributed by atoms with van der Waals surface area (Å²) in [5, 5.41) is 0. The van der Waals surface area contributed by atoms with E-state index in [1.54, 1.807) is 0 Å². The first-order valence-electron chi connectivity index (χ1n) is 7.28. The number of ether oxygens (including phenoxy) is 1. The summed E-state index contributed by atoms with van der Waals surface area (Å²) in [4.78, 5) is 4.68. The monoisotopic (exact) mass is 271 g/mol. The number of nitrogen functional groups attached to an aromatic ring is 1. The second-order valence-electron chi connectivity index (χ2n) is 5.30. The molecule has 0 fully saturated rings. The lowest BCUT2D eigenvalue weighted by Gasteiger charge is -2.15. The van der Waals surface area contributed by atoms with Gasteiger partial charge in [-0.15, -0.1) is 0 Å². The number of aromatic nitrogens is 2. The van der Waals surface area contributed by atoms with Gasteiger partial charge >= 0.3 is 0 Å². The van der Waals surface area contributed by atoms with Gasteiger partial charge in [0, 0.05) is 5.69 Å². The molecule has 0 amide bonds. The Hall–Kier alpha value is -1.97. The number of fused-ring (bicyclic) bond motifs is 1. The maximum absolute atomic E-state index is 5.88. The van der Waals surface area contributed by atoms with Crippen LogP contribution in [0.1, 0.15) is 30.1 Å². The number of aryl methyl sites for hydroxylation is 2. The van der Waals surface area contributed by atoms with Crippen LogP contribution in [-0.2, 0) is 19.4 Å². The van der Waals surface area contributed by atoms with Crippen molar-refractivity contribution in [1.29, 1.82) is 0 Å². The van der Waals surface area contributed by atoms with Crippen LogP contribution in [0.25, 0.3) is 0 Å². The molecule has 1 aromatic carbocycles. The van der Waals surface area contributed by atoms with Crippen molar-refractivity contribution in [2.75, 3.05) is 12.3 Å². The molecular weight excluding hydrogens is 250 g/mol. The first kappa shape index (κ1) is 13.0. The summed E-state index contributed by atoms with van der Waals surface area (Å²) in [6.45, 7) is 3.54. The van der Waals surface area contributed by atoms with E-state index in [0.717, 1.165) is 31.0 Å². The molecule has 2 aromatic rings. The molecule has 1 aliphatic rings. The van der Waals surface area contributed by atoms with E-state index in [1.165, 1.54) is 24.2 Å². The standard InChI is InChI=1S/C16H21N3O/c1-12-18-14-7-3-4-8-15(14)19(12)10-11-20-16-9-5-2-6-13(16)17/h2,5-6,9H,3-4,7-8,10-11,17H2,1H3. The van der Waals surface area contributed by atoms with Crippen molar-refractivity contribution in [2.24, 2.45) is 0 Å². The van der Waals surface area contributed by atoms with E-state index in [2.05, 4.69) is 16.5 Å². The number of hydrogen-bond donors (Lipinski definition) is 1. The van der Waals surface area contributed by atoms with E-state index < -0.39 is 0 Å². The minimum atomic E-state index is 0.623. The Morgan fingerprint density at radius 3 is 2.90 bits per heavy atom. The van der Waals surface area contributed by atoms with Crippen LogP contribution in [0.3, 0.4) is 0 Å². The van der Waals surface area contributed by atoms with Crippen molar-refractivity contribution in [3.05, 3.63) is 41.5 Å². The zero-order chi connectivity index (χ0) is 13.9. The molecule has 0 unspecified atom stereocenters. The van der Waals surface area contributed by atoms with Crippen LogP contribution in [0.2, 0.25) is 0 Å². The summed E-state index contributed by atoms with van der Waals surface area (Å²) in [7, 11) is 0. The minimum absolute atomic E-state index is 0.623. The maximum atomic E-state index is 5.88. The quantitative estimate of drug-likeness (QED) is 0.870. The molecule has 0 saturated carbocycles. The Balaban J connectivity index is 1.67. The van der Waals surface area contributed by atoms with Gasteiger partial charge in [0.2, 0.25) is 0 Å². The molecule has 0 saturated heterocycles. The van der Waals surface area contributed by atoms with Crippen molar-refractivity contribution in [1.82, 2.24) is 9.55 Å². The number of nitrogens with zero attached hydrogens (tertiary/aromatic N) is 2. The lowest BCUT2D eigenvalue weighted by molar-refractivity contribution is 0.296. The Kier molecular flexibility index (Phi) is 3.63. The summed E-state index contributed by atoms with van der Waals surface area (Å²) >= 11 is 0. The predicted molar refractivity (Wildman–Crippen MR) is 80.0 cm³/mol. The highest BCUT2D eigenvalue weighted by atomic mass is 16.5. The van der Waals surface area contributed by atoms with Crippen LogP contribution in [0.5, 0.6) is 5.75 Å². The molecule has 3 rings (SSSR count). The van der Waals surface area contributed by atoms with Crippen LogP contribution in [0.4, 0.5) is 5.69 Å². The van der Waals surface area contributed by atoms with Crippen molar-refractivity contribution in [3.8, 4) is 5.75 Å². The largest absolute Gasteiger partial charge is 0.490 e. The summed E-state index contributed by atoms with van der Waals surface area (Å²) in [5.41, 5.74) is 9.25. The van der Waals surface area contributed by atoms with Gasteiger partial charge in [0.15, 0.2) is 0 Å². The third-order valence-electron chi connectivity index (χ3n) is 3.91. The summed E-state index contributed by atoms with van der Waals surface area (Å²) < 4.78 is 8.08. The number of para-hydroxylation sites is 2. The fraction of sp³-hybridized carbons (Fsp3) is 0.438. The van der Waals surface area contributed by atoms with Crippen LogP contribution in [0, 0.1) is 6.92 Å². The zero-order valence-electron chi connectivity index (χ0n) is 11.9. The highest BCUT2D eigenvalue weighted by Gasteiger charge is 2.17. The van der Waals surface area contributed by atoms with E-state index in [9.17, 15) is 0 Å². The number of nitrogens with two attached hydrogens (primary N) is 1. The van der Waals surface area contributed by atoms with Gasteiger partial charge in [-0.1, -0.05) is 12.1 Å². The average molecular weight is 271 g/mol. The fourth-order valence-corrected chi connectivity index (χ4v) is 2.89. The second-order valence-corrected chi connectivity index (χ2v) is 5.30. The van der Waals surface area contributed by atoms with Gasteiger partial charge < -0.3 is 15.0 Å². The Bertz CT molecular complexity index is 604. The normalized spacial score (nSPS) is 14.1. The molecule has 2 N–H and O–H groups in total. The highest BCUT2D eigenvalue weighted by molar-refractivity contribution is 5.51. The van der Waals surface area contributed by atoms with Crippen molar-refractivity contribution < 1.29 is 4.74 Å². The van der Waals surface area contributed by atoms with Gasteiger partial charge in [0.1, 0.15) is 18.2 Å². The number of hydrogen-bond acceptors (Lipinski definition) is 3. The molecule has 0 atom stereocenters. The third kappa shape index (κ3) is 2.50. The lowest BCUT2D eigenvalue weighted by atomic mass is 10.0. The number of imidazole rings is 1. The van der Waals surface area contributed by atoms with E-state index in [4.69, 9.17) is 10.5 Å². The zero-order valence-corrected chi connectivity index (χ0v) is 11.9. The number of rotatable bonds is 4. The summed E-state index contributed by atoms with van der Waals surface area (Å²) in [5.74, 6) is 1.86. The van der Waals surface area contributed by atoms with E-state index in [0.29, 0.717) is 12.3 Å². The van der Waals surface area contributed by atoms with Crippen LogP contribution in [0.15, 0.2) is 24.3 Å². The second kappa shape index (κ2) is 5.57. The van der Waals surface area contributed by atoms with Crippen LogP contribution in [-0.4, -0.2) is 16.2 Å². The van der Waals surface area contributed by atoms with E-state index in [-0.39, 0.29) is 0 Å². The van der Waals surface area contributed by atoms with Gasteiger partial charge in [0.25, 0.3) is 0 Å². The summed E-state index contributed by atoms with van der Waals surface area (Å²) in [6, 6.07) is 7.62. The molecule has 106 valence electrons. The fourth-order valence-electron chi connectivity index (χ4n) is 2.89. The molecule has 4 nitrogen and oxygen atoms in total. The predicted octanol–water partition coefficient (Wildman–Crippen LogP) is 2.73. The van der Waals surface area contributed by atoms with Crippen molar-refractivity contribution in [3.63, 3.8) is 0 Å². The van der Waals surface area contributed by atoms with E-state index in [1.807, 2.05) is 24.3 Å². The molecule has 0 bridgehead atoms. The van der Waals surface area contributed by atoms with Gasteiger partial charge in [-0.2, -0.15) is 0 Å². The van der Waals surface area contributed by atoms with Crippen molar-refractivity contribution in [2.45, 2.75) is 39.2 Å². The molecule has 1 heterocycles. The topological polar surface area (TPSA) is 53.1 Å². The molecule has 1 aliphatic carbocycles. The van der Waals surface area contributed by atoms with E-state index >= 15 is 0 Å². The first-order chi connectivity index (χ1) is 9.75. The van der Waals surface area contributed by atoms with Crippen LogP contribution < -0.4 is 10.5 Å². The van der Waals surface area contributed by atoms with Gasteiger partial charge in [-0.05, 0) is 44.7 Å². The average Bonchev–Trinajstić information content (AvgIpc) is 2.77. The maximum Gasteiger partial charge on any atom is 0.142 e. The molecule has 0 aliphatic heterocycles. The number of anilines is 1. The first-order valence-corrected chi connectivity index (χ1v) is 7.28. The Morgan fingerprint density at radius 1 is 1.25 bits per heavy atom. The number of benzene rings is 1. The third-order valence-corrected chi connectivity index (χ3v) is 3.91. The highest BCUT2D eigenvalue weighted by Crippen LogP contribution is 2.23. The van der Waals surface area contributed by atoms with Crippen LogP contribution >= 0.6 is 0 Å². The smallest absolute Gasteiger partial charge is 0.142 e. The lowest BCUT2D eigenvalue weighted by Crippen LogP contribution is -2.14.